The Bertz CT molecular complexity index is 1030. The summed E-state index contributed by atoms with van der Waals surface area (Å²) in [7, 11) is 3.15. The van der Waals surface area contributed by atoms with Crippen LogP contribution in [0, 0.1) is 6.92 Å². The number of tetrazole rings is 1. The zero-order valence-corrected chi connectivity index (χ0v) is 18.6. The third kappa shape index (κ3) is 5.22. The van der Waals surface area contributed by atoms with Crippen molar-refractivity contribution in [2.24, 2.45) is 0 Å². The largest absolute Gasteiger partial charge is 0.497 e. The van der Waals surface area contributed by atoms with Gasteiger partial charge < -0.3 is 14.8 Å². The summed E-state index contributed by atoms with van der Waals surface area (Å²) in [6.45, 7) is 4.14. The van der Waals surface area contributed by atoms with E-state index in [1.54, 1.807) is 30.8 Å². The zero-order chi connectivity index (χ0) is 21.7. The number of benzene rings is 2. The molecule has 0 saturated heterocycles. The highest BCUT2D eigenvalue weighted by atomic mass is 35.5. The van der Waals surface area contributed by atoms with Gasteiger partial charge in [0.25, 0.3) is 0 Å². The smallest absolute Gasteiger partial charge is 0.237 e. The molecule has 0 saturated carbocycles. The molecule has 10 heteroatoms. The third-order valence-electron chi connectivity index (χ3n) is 4.38. The zero-order valence-electron chi connectivity index (χ0n) is 17.0. The van der Waals surface area contributed by atoms with Crippen LogP contribution in [0.3, 0.4) is 0 Å². The van der Waals surface area contributed by atoms with Gasteiger partial charge in [-0.1, -0.05) is 35.5 Å². The number of nitrogens with zero attached hydrogens (tertiary/aromatic N) is 4. The van der Waals surface area contributed by atoms with E-state index in [4.69, 9.17) is 21.1 Å². The van der Waals surface area contributed by atoms with Gasteiger partial charge in [0, 0.05) is 11.1 Å². The maximum Gasteiger partial charge on any atom is 0.237 e. The number of halogens is 1. The topological polar surface area (TPSA) is 91.2 Å². The maximum absolute atomic E-state index is 12.7. The van der Waals surface area contributed by atoms with Crippen molar-refractivity contribution in [3.05, 3.63) is 52.5 Å². The van der Waals surface area contributed by atoms with E-state index in [1.807, 2.05) is 31.2 Å². The molecule has 0 aliphatic heterocycles. The van der Waals surface area contributed by atoms with Crippen LogP contribution in [0.15, 0.2) is 41.6 Å². The van der Waals surface area contributed by atoms with Crippen molar-refractivity contribution >= 4 is 35.0 Å². The highest BCUT2D eigenvalue weighted by molar-refractivity contribution is 8.00. The molecule has 0 spiro atoms. The lowest BCUT2D eigenvalue weighted by Crippen LogP contribution is -2.23. The van der Waals surface area contributed by atoms with E-state index >= 15 is 0 Å². The number of aryl methyl sites for hydroxylation is 1. The number of carbonyl (C=O) groups excluding carboxylic acids is 1. The monoisotopic (exact) mass is 447 g/mol. The predicted molar refractivity (Wildman–Crippen MR) is 117 cm³/mol. The second kappa shape index (κ2) is 9.82. The molecule has 1 heterocycles. The summed E-state index contributed by atoms with van der Waals surface area (Å²) in [5, 5.41) is 15.4. The fourth-order valence-corrected chi connectivity index (χ4v) is 3.60. The first-order chi connectivity index (χ1) is 14.4. The van der Waals surface area contributed by atoms with Crippen molar-refractivity contribution in [2.45, 2.75) is 30.8 Å². The molecule has 1 N–H and O–H groups in total. The van der Waals surface area contributed by atoms with Gasteiger partial charge in [-0.05, 0) is 53.6 Å². The summed E-state index contributed by atoms with van der Waals surface area (Å²) in [6, 6.07) is 11.1. The number of anilines is 1. The lowest BCUT2D eigenvalue weighted by molar-refractivity contribution is -0.115. The Labute approximate surface area is 183 Å². The van der Waals surface area contributed by atoms with Crippen molar-refractivity contribution in [3.8, 4) is 11.5 Å². The van der Waals surface area contributed by atoms with Gasteiger partial charge in [-0.3, -0.25) is 4.79 Å². The average Bonchev–Trinajstić information content (AvgIpc) is 3.17. The quantitative estimate of drug-likeness (QED) is 0.525. The summed E-state index contributed by atoms with van der Waals surface area (Å²) in [5.74, 6) is 1.09. The number of hydrogen-bond donors (Lipinski definition) is 1. The first-order valence-electron chi connectivity index (χ1n) is 9.12. The normalized spacial score (nSPS) is 11.8. The number of aromatic nitrogens is 4. The van der Waals surface area contributed by atoms with Gasteiger partial charge in [-0.25, -0.2) is 4.68 Å². The molecule has 0 aliphatic carbocycles. The molecule has 0 unspecified atom stereocenters. The van der Waals surface area contributed by atoms with Crippen LogP contribution in [0.5, 0.6) is 11.5 Å². The molecule has 0 radical (unpaired) electrons. The molecular formula is C20H22ClN5O3S. The van der Waals surface area contributed by atoms with Crippen LogP contribution >= 0.6 is 23.4 Å². The van der Waals surface area contributed by atoms with Gasteiger partial charge >= 0.3 is 0 Å². The first-order valence-corrected chi connectivity index (χ1v) is 10.4. The summed E-state index contributed by atoms with van der Waals surface area (Å²) >= 11 is 7.41. The van der Waals surface area contributed by atoms with E-state index in [2.05, 4.69) is 20.8 Å². The number of nitrogens with one attached hydrogen (secondary N) is 1. The lowest BCUT2D eigenvalue weighted by atomic mass is 10.2. The fourth-order valence-electron chi connectivity index (χ4n) is 2.66. The van der Waals surface area contributed by atoms with E-state index in [9.17, 15) is 4.79 Å². The van der Waals surface area contributed by atoms with Crippen LogP contribution in [0.2, 0.25) is 5.02 Å². The van der Waals surface area contributed by atoms with Crippen LogP contribution in [-0.2, 0) is 11.3 Å². The van der Waals surface area contributed by atoms with Gasteiger partial charge in [0.05, 0.1) is 31.7 Å². The summed E-state index contributed by atoms with van der Waals surface area (Å²) in [5.41, 5.74) is 2.43. The van der Waals surface area contributed by atoms with E-state index < -0.39 is 5.25 Å². The van der Waals surface area contributed by atoms with Gasteiger partial charge in [0.2, 0.25) is 11.1 Å². The van der Waals surface area contributed by atoms with Crippen LogP contribution in [-0.4, -0.2) is 45.6 Å². The third-order valence-corrected chi connectivity index (χ3v) is 5.86. The Kier molecular flexibility index (Phi) is 7.17. The molecular weight excluding hydrogens is 426 g/mol. The molecule has 0 bridgehead atoms. The van der Waals surface area contributed by atoms with Crippen LogP contribution in [0.25, 0.3) is 0 Å². The summed E-state index contributed by atoms with van der Waals surface area (Å²) < 4.78 is 12.1. The highest BCUT2D eigenvalue weighted by Crippen LogP contribution is 2.32. The minimum absolute atomic E-state index is 0.195. The van der Waals surface area contributed by atoms with E-state index in [1.165, 1.54) is 18.9 Å². The van der Waals surface area contributed by atoms with E-state index in [-0.39, 0.29) is 5.91 Å². The number of rotatable bonds is 8. The Morgan fingerprint density at radius 2 is 1.97 bits per heavy atom. The molecule has 8 nitrogen and oxygen atoms in total. The molecule has 1 amide bonds. The molecule has 1 atom stereocenters. The van der Waals surface area contributed by atoms with Gasteiger partial charge in [0.15, 0.2) is 0 Å². The minimum Gasteiger partial charge on any atom is -0.497 e. The standard InChI is InChI=1S/C20H22ClN5O3S/c1-12-9-17(18(29-4)10-16(12)21)22-19(27)13(2)30-20-23-24-25-26(20)11-14-5-7-15(28-3)8-6-14/h5-10,13H,11H2,1-4H3,(H,22,27)/t13-/m0/s1. The molecule has 1 aromatic heterocycles. The van der Waals surface area contributed by atoms with Crippen molar-refractivity contribution in [3.63, 3.8) is 0 Å². The maximum atomic E-state index is 12.7. The number of thioether (sulfide) groups is 1. The van der Waals surface area contributed by atoms with E-state index in [0.717, 1.165) is 16.9 Å². The predicted octanol–water partition coefficient (Wildman–Crippen LogP) is 3.82. The second-order valence-electron chi connectivity index (χ2n) is 6.52. The molecule has 3 rings (SSSR count). The highest BCUT2D eigenvalue weighted by Gasteiger charge is 2.20. The summed E-state index contributed by atoms with van der Waals surface area (Å²) in [4.78, 5) is 12.7. The molecule has 30 heavy (non-hydrogen) atoms. The van der Waals surface area contributed by atoms with Crippen molar-refractivity contribution in [1.29, 1.82) is 0 Å². The number of ether oxygens (including phenoxy) is 2. The average molecular weight is 448 g/mol. The van der Waals surface area contributed by atoms with E-state index in [0.29, 0.717) is 28.2 Å². The van der Waals surface area contributed by atoms with Crippen molar-refractivity contribution in [1.82, 2.24) is 20.2 Å². The van der Waals surface area contributed by atoms with Crippen LogP contribution in [0.1, 0.15) is 18.1 Å². The molecule has 0 fully saturated rings. The molecule has 3 aromatic rings. The molecule has 0 aliphatic rings. The van der Waals surface area contributed by atoms with Crippen LogP contribution in [0.4, 0.5) is 5.69 Å². The van der Waals surface area contributed by atoms with Crippen molar-refractivity contribution in [2.75, 3.05) is 19.5 Å². The fraction of sp³-hybridized carbons (Fsp3) is 0.300. The van der Waals surface area contributed by atoms with Crippen LogP contribution < -0.4 is 14.8 Å². The Balaban J connectivity index is 1.68. The number of carbonyl (C=O) groups is 1. The van der Waals surface area contributed by atoms with Gasteiger partial charge in [-0.15, -0.1) is 5.10 Å². The Morgan fingerprint density at radius 3 is 2.63 bits per heavy atom. The SMILES string of the molecule is COc1ccc(Cn2nnnc2S[C@@H](C)C(=O)Nc2cc(C)c(Cl)cc2OC)cc1. The summed E-state index contributed by atoms with van der Waals surface area (Å²) in [6.07, 6.45) is 0. The van der Waals surface area contributed by atoms with Crippen molar-refractivity contribution < 1.29 is 14.3 Å². The second-order valence-corrected chi connectivity index (χ2v) is 8.23. The Hall–Kier alpha value is -2.78. The molecule has 158 valence electrons. The molecule has 2 aromatic carbocycles. The first kappa shape index (κ1) is 21.9. The Morgan fingerprint density at radius 1 is 1.23 bits per heavy atom. The number of methoxy groups -OCH3 is 2. The lowest BCUT2D eigenvalue weighted by Gasteiger charge is -2.15. The number of amides is 1. The minimum atomic E-state index is -0.439. The van der Waals surface area contributed by atoms with Gasteiger partial charge in [-0.2, -0.15) is 0 Å². The van der Waals surface area contributed by atoms with Gasteiger partial charge in [0.1, 0.15) is 11.5 Å². The number of hydrogen-bond acceptors (Lipinski definition) is 7.